The number of likely N-dealkylation sites (tertiary alicyclic amines) is 1. The molecule has 0 saturated carbocycles. The van der Waals surface area contributed by atoms with Gasteiger partial charge in [-0.05, 0) is 0 Å². The molecular formula is C19H21N3O3. The van der Waals surface area contributed by atoms with E-state index in [0.717, 1.165) is 12.8 Å². The van der Waals surface area contributed by atoms with Crippen molar-refractivity contribution < 1.29 is 14.3 Å². The normalized spacial score (nSPS) is 15.0. The number of aromatic nitrogens is 2. The predicted octanol–water partition coefficient (Wildman–Crippen LogP) is 2.51. The van der Waals surface area contributed by atoms with E-state index in [1.54, 1.807) is 30.7 Å². The first-order chi connectivity index (χ1) is 12.2. The third-order valence-corrected chi connectivity index (χ3v) is 4.28. The number of Topliss-reactive ketones (excluding diaryl/α,β-unsaturated/α-hetero) is 1. The van der Waals surface area contributed by atoms with E-state index in [-0.39, 0.29) is 30.6 Å². The summed E-state index contributed by atoms with van der Waals surface area (Å²) in [5.41, 5.74) is 0.659. The highest BCUT2D eigenvalue weighted by Crippen LogP contribution is 2.17. The summed E-state index contributed by atoms with van der Waals surface area (Å²) in [5.74, 6) is 0.554. The molecule has 0 radical (unpaired) electrons. The molecule has 25 heavy (non-hydrogen) atoms. The van der Waals surface area contributed by atoms with Gasteiger partial charge in [0.1, 0.15) is 6.10 Å². The molecule has 6 nitrogen and oxygen atoms in total. The molecule has 2 aromatic rings. The monoisotopic (exact) mass is 339 g/mol. The van der Waals surface area contributed by atoms with Crippen LogP contribution in [-0.2, 0) is 4.79 Å². The topological polar surface area (TPSA) is 72.4 Å². The SMILES string of the molecule is O=C(CCC(=O)N1CCC(Oc2cnccn2)CC1)c1ccccc1. The minimum atomic E-state index is 0.00909. The third-order valence-electron chi connectivity index (χ3n) is 4.28. The largest absolute Gasteiger partial charge is 0.473 e. The average Bonchev–Trinajstić information content (AvgIpc) is 2.68. The minimum Gasteiger partial charge on any atom is -0.473 e. The van der Waals surface area contributed by atoms with Crippen LogP contribution in [0.15, 0.2) is 48.9 Å². The zero-order valence-electron chi connectivity index (χ0n) is 14.0. The van der Waals surface area contributed by atoms with Gasteiger partial charge in [0.25, 0.3) is 0 Å². The van der Waals surface area contributed by atoms with Gasteiger partial charge in [0.15, 0.2) is 5.78 Å². The Morgan fingerprint density at radius 1 is 1.08 bits per heavy atom. The molecular weight excluding hydrogens is 318 g/mol. The van der Waals surface area contributed by atoms with Crippen molar-refractivity contribution in [2.75, 3.05) is 13.1 Å². The molecule has 1 aromatic carbocycles. The number of ketones is 1. The molecule has 1 saturated heterocycles. The molecule has 1 aliphatic rings. The van der Waals surface area contributed by atoms with Crippen molar-refractivity contribution in [3.05, 3.63) is 54.5 Å². The van der Waals surface area contributed by atoms with Crippen LogP contribution in [0.3, 0.4) is 0 Å². The summed E-state index contributed by atoms with van der Waals surface area (Å²) in [6.45, 7) is 1.28. The van der Waals surface area contributed by atoms with Crippen molar-refractivity contribution in [3.63, 3.8) is 0 Å². The van der Waals surface area contributed by atoms with Crippen molar-refractivity contribution in [2.24, 2.45) is 0 Å². The van der Waals surface area contributed by atoms with E-state index in [1.165, 1.54) is 0 Å². The predicted molar refractivity (Wildman–Crippen MR) is 92.3 cm³/mol. The van der Waals surface area contributed by atoms with Gasteiger partial charge in [-0.15, -0.1) is 0 Å². The number of carbonyl (C=O) groups excluding carboxylic acids is 2. The molecule has 130 valence electrons. The van der Waals surface area contributed by atoms with Crippen LogP contribution in [0.25, 0.3) is 0 Å². The van der Waals surface area contributed by atoms with Gasteiger partial charge in [-0.25, -0.2) is 4.98 Å². The maximum Gasteiger partial charge on any atom is 0.232 e. The fraction of sp³-hybridized carbons (Fsp3) is 0.368. The Morgan fingerprint density at radius 2 is 1.84 bits per heavy atom. The molecule has 2 heterocycles. The van der Waals surface area contributed by atoms with E-state index in [2.05, 4.69) is 9.97 Å². The van der Waals surface area contributed by atoms with Crippen molar-refractivity contribution >= 4 is 11.7 Å². The molecule has 1 aromatic heterocycles. The molecule has 0 N–H and O–H groups in total. The Balaban J connectivity index is 1.42. The summed E-state index contributed by atoms with van der Waals surface area (Å²) < 4.78 is 5.77. The number of nitrogens with zero attached hydrogens (tertiary/aromatic N) is 3. The van der Waals surface area contributed by atoms with Crippen LogP contribution in [0, 0.1) is 0 Å². The van der Waals surface area contributed by atoms with E-state index in [9.17, 15) is 9.59 Å². The van der Waals surface area contributed by atoms with Crippen molar-refractivity contribution in [3.8, 4) is 5.88 Å². The van der Waals surface area contributed by atoms with Gasteiger partial charge < -0.3 is 9.64 Å². The summed E-state index contributed by atoms with van der Waals surface area (Å²) in [6, 6.07) is 9.09. The van der Waals surface area contributed by atoms with E-state index in [4.69, 9.17) is 4.74 Å². The molecule has 1 aliphatic heterocycles. The molecule has 0 spiro atoms. The third kappa shape index (κ3) is 4.86. The number of rotatable bonds is 6. The fourth-order valence-corrected chi connectivity index (χ4v) is 2.89. The van der Waals surface area contributed by atoms with E-state index >= 15 is 0 Å². The van der Waals surface area contributed by atoms with Crippen LogP contribution in [0.1, 0.15) is 36.0 Å². The van der Waals surface area contributed by atoms with E-state index in [0.29, 0.717) is 24.5 Å². The second-order valence-electron chi connectivity index (χ2n) is 6.03. The van der Waals surface area contributed by atoms with Crippen LogP contribution in [0.4, 0.5) is 0 Å². The number of hydrogen-bond donors (Lipinski definition) is 0. The molecule has 1 amide bonds. The van der Waals surface area contributed by atoms with Crippen LogP contribution >= 0.6 is 0 Å². The van der Waals surface area contributed by atoms with Crippen LogP contribution in [0.5, 0.6) is 5.88 Å². The molecule has 0 aliphatic carbocycles. The van der Waals surface area contributed by atoms with Gasteiger partial charge >= 0.3 is 0 Å². The summed E-state index contributed by atoms with van der Waals surface area (Å²) >= 11 is 0. The van der Waals surface area contributed by atoms with Gasteiger partial charge in [-0.2, -0.15) is 0 Å². The zero-order chi connectivity index (χ0) is 17.5. The summed E-state index contributed by atoms with van der Waals surface area (Å²) in [4.78, 5) is 34.3. The highest BCUT2D eigenvalue weighted by Gasteiger charge is 2.24. The lowest BCUT2D eigenvalue weighted by atomic mass is 10.0. The summed E-state index contributed by atoms with van der Waals surface area (Å²) in [5, 5.41) is 0. The molecule has 0 unspecified atom stereocenters. The first-order valence-corrected chi connectivity index (χ1v) is 8.51. The van der Waals surface area contributed by atoms with Crippen molar-refractivity contribution in [1.82, 2.24) is 14.9 Å². The molecule has 0 bridgehead atoms. The lowest BCUT2D eigenvalue weighted by Gasteiger charge is -2.31. The maximum atomic E-state index is 12.3. The number of hydrogen-bond acceptors (Lipinski definition) is 5. The quantitative estimate of drug-likeness (QED) is 0.756. The standard InChI is InChI=1S/C19H21N3O3/c23-17(15-4-2-1-3-5-15)6-7-19(24)22-12-8-16(9-13-22)25-18-14-20-10-11-21-18/h1-5,10-11,14,16H,6-9,12-13H2. The fourth-order valence-electron chi connectivity index (χ4n) is 2.89. The Hall–Kier alpha value is -2.76. The van der Waals surface area contributed by atoms with Gasteiger partial charge in [-0.3, -0.25) is 14.6 Å². The first kappa shape index (κ1) is 17.1. The molecule has 1 fully saturated rings. The Labute approximate surface area is 146 Å². The first-order valence-electron chi connectivity index (χ1n) is 8.51. The second kappa shape index (κ2) is 8.37. The lowest BCUT2D eigenvalue weighted by molar-refractivity contribution is -0.132. The second-order valence-corrected chi connectivity index (χ2v) is 6.03. The Bertz CT molecular complexity index is 698. The van der Waals surface area contributed by atoms with E-state index in [1.807, 2.05) is 23.1 Å². The summed E-state index contributed by atoms with van der Waals surface area (Å²) in [6.07, 6.45) is 6.85. The van der Waals surface area contributed by atoms with Crippen LogP contribution in [0.2, 0.25) is 0 Å². The number of benzene rings is 1. The number of amides is 1. The maximum absolute atomic E-state index is 12.3. The van der Waals surface area contributed by atoms with Crippen LogP contribution < -0.4 is 4.74 Å². The van der Waals surface area contributed by atoms with Gasteiger partial charge in [0.2, 0.25) is 11.8 Å². The number of piperidine rings is 1. The van der Waals surface area contributed by atoms with Gasteiger partial charge in [0.05, 0.1) is 6.20 Å². The zero-order valence-corrected chi connectivity index (χ0v) is 14.0. The van der Waals surface area contributed by atoms with Gasteiger partial charge in [-0.1, -0.05) is 30.3 Å². The summed E-state index contributed by atoms with van der Waals surface area (Å²) in [7, 11) is 0. The van der Waals surface area contributed by atoms with Gasteiger partial charge in [0, 0.05) is 56.7 Å². The highest BCUT2D eigenvalue weighted by molar-refractivity contribution is 5.97. The van der Waals surface area contributed by atoms with Crippen molar-refractivity contribution in [1.29, 1.82) is 0 Å². The minimum absolute atomic E-state index is 0.00909. The number of ether oxygens (including phenoxy) is 1. The molecule has 6 heteroatoms. The Kier molecular flexibility index (Phi) is 5.72. The smallest absolute Gasteiger partial charge is 0.232 e. The highest BCUT2D eigenvalue weighted by atomic mass is 16.5. The average molecular weight is 339 g/mol. The van der Waals surface area contributed by atoms with Crippen LogP contribution in [-0.4, -0.2) is 45.8 Å². The number of carbonyl (C=O) groups is 2. The van der Waals surface area contributed by atoms with E-state index < -0.39 is 0 Å². The molecule has 0 atom stereocenters. The Morgan fingerprint density at radius 3 is 2.52 bits per heavy atom. The van der Waals surface area contributed by atoms with Crippen molar-refractivity contribution in [2.45, 2.75) is 31.8 Å². The molecule has 3 rings (SSSR count). The lowest BCUT2D eigenvalue weighted by Crippen LogP contribution is -2.41.